The number of nitrogens with zero attached hydrogens (tertiary/aromatic N) is 2. The topological polar surface area (TPSA) is 88.1 Å². The molecule has 0 atom stereocenters. The lowest BCUT2D eigenvalue weighted by molar-refractivity contribution is -0.119. The fourth-order valence-electron chi connectivity index (χ4n) is 3.13. The summed E-state index contributed by atoms with van der Waals surface area (Å²) < 4.78 is 33.9. The Bertz CT molecular complexity index is 998. The number of carbonyl (C=O) groups excluding carboxylic acids is 1. The Hall–Kier alpha value is -2.39. The largest absolute Gasteiger partial charge is 0.494 e. The molecule has 1 fully saturated rings. The average Bonchev–Trinajstić information content (AvgIpc) is 3.25. The molecule has 1 aliphatic carbocycles. The van der Waals surface area contributed by atoms with Crippen LogP contribution in [0.15, 0.2) is 63.0 Å². The average molecular weight is 494 g/mol. The third kappa shape index (κ3) is 5.60. The second-order valence-corrected chi connectivity index (χ2v) is 9.59. The standard InChI is InChI=1S/C21H24BrN3O4S/c1-2-29-19-11-9-18(10-12-19)25(15-21(26)24-23-17-5-3-4-6-17)30(27,28)20-13-7-16(22)8-14-20/h7-14H,2-6,15H2,1H3,(H,24,26). The first kappa shape index (κ1) is 22.3. The molecule has 30 heavy (non-hydrogen) atoms. The number of benzene rings is 2. The van der Waals surface area contributed by atoms with Crippen LogP contribution < -0.4 is 14.5 Å². The van der Waals surface area contributed by atoms with E-state index in [-0.39, 0.29) is 11.4 Å². The number of hydrogen-bond donors (Lipinski definition) is 1. The lowest BCUT2D eigenvalue weighted by atomic mass is 10.3. The smallest absolute Gasteiger partial charge is 0.264 e. The second-order valence-electron chi connectivity index (χ2n) is 6.81. The van der Waals surface area contributed by atoms with Gasteiger partial charge < -0.3 is 4.74 Å². The summed E-state index contributed by atoms with van der Waals surface area (Å²) in [5.41, 5.74) is 3.80. The van der Waals surface area contributed by atoms with Gasteiger partial charge in [0, 0.05) is 10.2 Å². The highest BCUT2D eigenvalue weighted by Crippen LogP contribution is 2.26. The number of hydrogen-bond acceptors (Lipinski definition) is 5. The number of hydrazone groups is 1. The van der Waals surface area contributed by atoms with Crippen molar-refractivity contribution in [2.75, 3.05) is 17.5 Å². The van der Waals surface area contributed by atoms with Gasteiger partial charge in [-0.15, -0.1) is 0 Å². The minimum Gasteiger partial charge on any atom is -0.494 e. The van der Waals surface area contributed by atoms with E-state index in [0.29, 0.717) is 18.0 Å². The maximum absolute atomic E-state index is 13.3. The summed E-state index contributed by atoms with van der Waals surface area (Å²) >= 11 is 3.31. The van der Waals surface area contributed by atoms with E-state index in [2.05, 4.69) is 26.5 Å². The summed E-state index contributed by atoms with van der Waals surface area (Å²) in [4.78, 5) is 12.6. The van der Waals surface area contributed by atoms with Gasteiger partial charge >= 0.3 is 0 Å². The Morgan fingerprint density at radius 2 is 1.73 bits per heavy atom. The molecule has 0 aromatic heterocycles. The van der Waals surface area contributed by atoms with Gasteiger partial charge in [0.05, 0.1) is 17.2 Å². The van der Waals surface area contributed by atoms with E-state index < -0.39 is 15.9 Å². The van der Waals surface area contributed by atoms with Crippen LogP contribution >= 0.6 is 15.9 Å². The third-order valence-corrected chi connectivity index (χ3v) is 6.96. The SMILES string of the molecule is CCOc1ccc(N(CC(=O)NN=C2CCCC2)S(=O)(=O)c2ccc(Br)cc2)cc1. The van der Waals surface area contributed by atoms with Gasteiger partial charge in [-0.05, 0) is 81.1 Å². The number of halogens is 1. The molecule has 9 heteroatoms. The molecule has 0 spiro atoms. The van der Waals surface area contributed by atoms with Crippen molar-refractivity contribution in [1.82, 2.24) is 5.43 Å². The quantitative estimate of drug-likeness (QED) is 0.560. The molecule has 1 N–H and O–H groups in total. The number of sulfonamides is 1. The molecule has 0 radical (unpaired) electrons. The van der Waals surface area contributed by atoms with E-state index in [1.54, 1.807) is 36.4 Å². The molecule has 0 saturated heterocycles. The van der Waals surface area contributed by atoms with Crippen molar-refractivity contribution in [3.63, 3.8) is 0 Å². The lowest BCUT2D eigenvalue weighted by Gasteiger charge is -2.24. The van der Waals surface area contributed by atoms with E-state index in [1.165, 1.54) is 12.1 Å². The second kappa shape index (κ2) is 10.1. The van der Waals surface area contributed by atoms with Crippen LogP contribution in [0, 0.1) is 0 Å². The first-order chi connectivity index (χ1) is 14.4. The monoisotopic (exact) mass is 493 g/mol. The van der Waals surface area contributed by atoms with E-state index in [1.807, 2.05) is 6.92 Å². The Labute approximate surface area is 185 Å². The van der Waals surface area contributed by atoms with Crippen molar-refractivity contribution in [3.05, 3.63) is 53.0 Å². The molecule has 1 saturated carbocycles. The maximum atomic E-state index is 13.3. The van der Waals surface area contributed by atoms with Crippen molar-refractivity contribution in [1.29, 1.82) is 0 Å². The molecule has 1 amide bonds. The molecule has 7 nitrogen and oxygen atoms in total. The zero-order valence-electron chi connectivity index (χ0n) is 16.7. The number of rotatable bonds is 8. The van der Waals surface area contributed by atoms with Crippen LogP contribution in [-0.4, -0.2) is 33.2 Å². The molecule has 0 heterocycles. The van der Waals surface area contributed by atoms with Crippen LogP contribution in [0.25, 0.3) is 0 Å². The Balaban J connectivity index is 1.88. The lowest BCUT2D eigenvalue weighted by Crippen LogP contribution is -2.39. The molecule has 0 aliphatic heterocycles. The minimum absolute atomic E-state index is 0.0921. The number of ether oxygens (including phenoxy) is 1. The van der Waals surface area contributed by atoms with E-state index in [9.17, 15) is 13.2 Å². The van der Waals surface area contributed by atoms with Crippen LogP contribution in [-0.2, 0) is 14.8 Å². The molecule has 3 rings (SSSR count). The highest BCUT2D eigenvalue weighted by atomic mass is 79.9. The molecule has 2 aromatic rings. The fourth-order valence-corrected chi connectivity index (χ4v) is 4.81. The highest BCUT2D eigenvalue weighted by Gasteiger charge is 2.27. The zero-order chi connectivity index (χ0) is 21.6. The van der Waals surface area contributed by atoms with Gasteiger partial charge in [0.1, 0.15) is 12.3 Å². The fraction of sp³-hybridized carbons (Fsp3) is 0.333. The molecular formula is C21H24BrN3O4S. The minimum atomic E-state index is -3.97. The Kier molecular flexibility index (Phi) is 7.49. The summed E-state index contributed by atoms with van der Waals surface area (Å²) in [6.07, 6.45) is 3.84. The van der Waals surface area contributed by atoms with Gasteiger partial charge in [-0.3, -0.25) is 9.10 Å². The first-order valence-corrected chi connectivity index (χ1v) is 12.0. The summed E-state index contributed by atoms with van der Waals surface area (Å²) in [6.45, 7) is 1.99. The zero-order valence-corrected chi connectivity index (χ0v) is 19.1. The van der Waals surface area contributed by atoms with Crippen LogP contribution in [0.4, 0.5) is 5.69 Å². The number of nitrogens with one attached hydrogen (secondary N) is 1. The van der Waals surface area contributed by atoms with Crippen molar-refractivity contribution in [2.45, 2.75) is 37.5 Å². The van der Waals surface area contributed by atoms with Crippen molar-refractivity contribution in [3.8, 4) is 5.75 Å². The molecule has 1 aliphatic rings. The predicted octanol–water partition coefficient (Wildman–Crippen LogP) is 4.09. The predicted molar refractivity (Wildman–Crippen MR) is 120 cm³/mol. The molecule has 160 valence electrons. The van der Waals surface area contributed by atoms with Crippen molar-refractivity contribution in [2.24, 2.45) is 5.10 Å². The maximum Gasteiger partial charge on any atom is 0.264 e. The highest BCUT2D eigenvalue weighted by molar-refractivity contribution is 9.10. The number of carbonyl (C=O) groups is 1. The normalized spacial score (nSPS) is 13.7. The van der Waals surface area contributed by atoms with E-state index >= 15 is 0 Å². The van der Waals surface area contributed by atoms with Crippen LogP contribution in [0.1, 0.15) is 32.6 Å². The van der Waals surface area contributed by atoms with Gasteiger partial charge in [-0.2, -0.15) is 5.10 Å². The van der Waals surface area contributed by atoms with Crippen molar-refractivity contribution < 1.29 is 17.9 Å². The Morgan fingerprint density at radius 1 is 1.10 bits per heavy atom. The first-order valence-electron chi connectivity index (χ1n) is 9.75. The molecule has 0 unspecified atom stereocenters. The van der Waals surface area contributed by atoms with Gasteiger partial charge in [0.2, 0.25) is 0 Å². The van der Waals surface area contributed by atoms with Crippen LogP contribution in [0.3, 0.4) is 0 Å². The van der Waals surface area contributed by atoms with Crippen LogP contribution in [0.2, 0.25) is 0 Å². The third-order valence-electron chi connectivity index (χ3n) is 4.64. The summed E-state index contributed by atoms with van der Waals surface area (Å²) in [5, 5.41) is 4.14. The summed E-state index contributed by atoms with van der Waals surface area (Å²) in [6, 6.07) is 12.9. The number of amides is 1. The van der Waals surface area contributed by atoms with Crippen LogP contribution in [0.5, 0.6) is 5.75 Å². The number of anilines is 1. The van der Waals surface area contributed by atoms with Gasteiger partial charge in [-0.1, -0.05) is 15.9 Å². The van der Waals surface area contributed by atoms with Gasteiger partial charge in [0.25, 0.3) is 15.9 Å². The molecular weight excluding hydrogens is 470 g/mol. The van der Waals surface area contributed by atoms with Gasteiger partial charge in [-0.25, -0.2) is 13.8 Å². The summed E-state index contributed by atoms with van der Waals surface area (Å²) in [5.74, 6) is 0.128. The Morgan fingerprint density at radius 3 is 2.33 bits per heavy atom. The van der Waals surface area contributed by atoms with Crippen molar-refractivity contribution >= 4 is 43.3 Å². The van der Waals surface area contributed by atoms with Gasteiger partial charge in [0.15, 0.2) is 0 Å². The van der Waals surface area contributed by atoms with E-state index in [4.69, 9.17) is 4.74 Å². The summed E-state index contributed by atoms with van der Waals surface area (Å²) in [7, 11) is -3.97. The molecule has 0 bridgehead atoms. The van der Waals surface area contributed by atoms with E-state index in [0.717, 1.165) is 40.2 Å². The molecule has 2 aromatic carbocycles.